The molecule has 1 saturated heterocycles. The van der Waals surface area contributed by atoms with Crippen molar-refractivity contribution < 1.29 is 24.7 Å². The number of benzene rings is 3. The molecule has 1 amide bonds. The molecule has 0 saturated carbocycles. The lowest BCUT2D eigenvalue weighted by Crippen LogP contribution is -2.30. The minimum Gasteiger partial charge on any atom is -0.508 e. The van der Waals surface area contributed by atoms with Crippen LogP contribution in [-0.2, 0) is 9.59 Å². The number of aliphatic hydroxyl groups is 1. The van der Waals surface area contributed by atoms with Crippen molar-refractivity contribution in [1.29, 1.82) is 0 Å². The third kappa shape index (κ3) is 3.82. The normalized spacial score (nSPS) is 17.4. The summed E-state index contributed by atoms with van der Waals surface area (Å²) in [5, 5.41) is 31.7. The summed E-state index contributed by atoms with van der Waals surface area (Å²) in [5.74, 6) is -2.10. The lowest BCUT2D eigenvalue weighted by atomic mass is 9.94. The summed E-state index contributed by atoms with van der Waals surface area (Å²) < 4.78 is 0. The van der Waals surface area contributed by atoms with Gasteiger partial charge in [-0.25, -0.2) is 0 Å². The maximum Gasteiger partial charge on any atom is 0.300 e. The third-order valence-corrected chi connectivity index (χ3v) is 5.62. The van der Waals surface area contributed by atoms with Gasteiger partial charge in [0.05, 0.1) is 16.5 Å². The Kier molecular flexibility index (Phi) is 5.43. The van der Waals surface area contributed by atoms with Crippen LogP contribution in [0.25, 0.3) is 5.76 Å². The monoisotopic (exact) mass is 444 g/mol. The highest BCUT2D eigenvalue weighted by Crippen LogP contribution is 2.43. The number of nitro benzene ring substituents is 1. The molecule has 2 N–H and O–H groups in total. The molecule has 33 heavy (non-hydrogen) atoms. The molecular formula is C25H20N2O6. The van der Waals surface area contributed by atoms with E-state index in [1.54, 1.807) is 18.2 Å². The number of phenolic OH excluding ortho intramolecular Hbond substituents is 1. The van der Waals surface area contributed by atoms with E-state index in [-0.39, 0.29) is 22.6 Å². The SMILES string of the molecule is Cc1ccc(N2C(=O)C(=O)/C(=C(/O)c3ccc([N+](=O)[O-])cc3)C2c2ccc(O)cc2)c(C)c1. The minimum atomic E-state index is -0.956. The van der Waals surface area contributed by atoms with Crippen LogP contribution >= 0.6 is 0 Å². The number of rotatable bonds is 4. The average molecular weight is 444 g/mol. The number of aromatic hydroxyl groups is 1. The number of phenols is 1. The van der Waals surface area contributed by atoms with Gasteiger partial charge in [-0.15, -0.1) is 0 Å². The zero-order chi connectivity index (χ0) is 23.9. The van der Waals surface area contributed by atoms with Crippen molar-refractivity contribution in [3.05, 3.63) is 105 Å². The maximum atomic E-state index is 13.2. The predicted molar refractivity (Wildman–Crippen MR) is 122 cm³/mol. The van der Waals surface area contributed by atoms with E-state index in [1.165, 1.54) is 41.3 Å². The summed E-state index contributed by atoms with van der Waals surface area (Å²) in [4.78, 5) is 38.0. The van der Waals surface area contributed by atoms with Crippen molar-refractivity contribution in [1.82, 2.24) is 0 Å². The van der Waals surface area contributed by atoms with Crippen LogP contribution in [0.5, 0.6) is 5.75 Å². The molecule has 1 heterocycles. The zero-order valence-corrected chi connectivity index (χ0v) is 17.9. The van der Waals surface area contributed by atoms with Gasteiger partial charge in [-0.1, -0.05) is 29.8 Å². The smallest absolute Gasteiger partial charge is 0.300 e. The molecule has 166 valence electrons. The van der Waals surface area contributed by atoms with E-state index >= 15 is 0 Å². The molecule has 8 heteroatoms. The van der Waals surface area contributed by atoms with E-state index < -0.39 is 28.4 Å². The Balaban J connectivity index is 1.93. The van der Waals surface area contributed by atoms with E-state index in [0.717, 1.165) is 11.1 Å². The lowest BCUT2D eigenvalue weighted by molar-refractivity contribution is -0.384. The minimum absolute atomic E-state index is 0.0117. The second-order valence-electron chi connectivity index (χ2n) is 7.85. The third-order valence-electron chi connectivity index (χ3n) is 5.62. The van der Waals surface area contributed by atoms with E-state index in [4.69, 9.17) is 0 Å². The highest BCUT2D eigenvalue weighted by molar-refractivity contribution is 6.51. The first-order valence-electron chi connectivity index (χ1n) is 10.1. The molecule has 1 fully saturated rings. The van der Waals surface area contributed by atoms with Crippen molar-refractivity contribution in [2.24, 2.45) is 0 Å². The van der Waals surface area contributed by atoms with Crippen molar-refractivity contribution in [3.63, 3.8) is 0 Å². The molecule has 3 aromatic rings. The Labute approximate surface area is 189 Å². The van der Waals surface area contributed by atoms with Gasteiger partial charge in [-0.2, -0.15) is 0 Å². The molecule has 3 aromatic carbocycles. The molecule has 0 radical (unpaired) electrons. The predicted octanol–water partition coefficient (Wildman–Crippen LogP) is 4.54. The van der Waals surface area contributed by atoms with Gasteiger partial charge >= 0.3 is 0 Å². The zero-order valence-electron chi connectivity index (χ0n) is 17.9. The fourth-order valence-electron chi connectivity index (χ4n) is 4.03. The van der Waals surface area contributed by atoms with Gasteiger partial charge in [0.25, 0.3) is 17.4 Å². The summed E-state index contributed by atoms with van der Waals surface area (Å²) in [5.41, 5.74) is 2.65. The molecule has 1 aliphatic rings. The van der Waals surface area contributed by atoms with Crippen LogP contribution in [0, 0.1) is 24.0 Å². The van der Waals surface area contributed by atoms with E-state index in [0.29, 0.717) is 11.3 Å². The fraction of sp³-hybridized carbons (Fsp3) is 0.120. The molecule has 1 unspecified atom stereocenters. The Morgan fingerprint density at radius 3 is 2.18 bits per heavy atom. The van der Waals surface area contributed by atoms with Crippen LogP contribution < -0.4 is 4.90 Å². The summed E-state index contributed by atoms with van der Waals surface area (Å²) >= 11 is 0. The average Bonchev–Trinajstić information content (AvgIpc) is 3.04. The molecular weight excluding hydrogens is 424 g/mol. The number of aryl methyl sites for hydroxylation is 2. The first kappa shape index (κ1) is 21.8. The summed E-state index contributed by atoms with van der Waals surface area (Å²) in [6.45, 7) is 3.74. The van der Waals surface area contributed by atoms with Crippen LogP contribution in [0.15, 0.2) is 72.3 Å². The first-order valence-corrected chi connectivity index (χ1v) is 10.1. The molecule has 1 aliphatic heterocycles. The number of nitro groups is 1. The Morgan fingerprint density at radius 1 is 0.970 bits per heavy atom. The second-order valence-corrected chi connectivity index (χ2v) is 7.85. The first-order chi connectivity index (χ1) is 15.7. The second kappa shape index (κ2) is 8.23. The summed E-state index contributed by atoms with van der Waals surface area (Å²) in [6.07, 6.45) is 0. The van der Waals surface area contributed by atoms with Gasteiger partial charge in [0.2, 0.25) is 0 Å². The summed E-state index contributed by atoms with van der Waals surface area (Å²) in [7, 11) is 0. The van der Waals surface area contributed by atoms with Gasteiger partial charge in [-0.05, 0) is 55.3 Å². The topological polar surface area (TPSA) is 121 Å². The van der Waals surface area contributed by atoms with Crippen molar-refractivity contribution in [2.75, 3.05) is 4.90 Å². The van der Waals surface area contributed by atoms with Gasteiger partial charge in [0, 0.05) is 23.4 Å². The Hall–Kier alpha value is -4.46. The molecule has 0 spiro atoms. The van der Waals surface area contributed by atoms with Crippen LogP contribution in [0.1, 0.15) is 28.3 Å². The number of non-ortho nitro benzene ring substituents is 1. The molecule has 0 bridgehead atoms. The quantitative estimate of drug-likeness (QED) is 0.200. The van der Waals surface area contributed by atoms with E-state index in [9.17, 15) is 29.9 Å². The van der Waals surface area contributed by atoms with Crippen molar-refractivity contribution >= 4 is 28.8 Å². The van der Waals surface area contributed by atoms with Gasteiger partial charge in [0.15, 0.2) is 0 Å². The highest BCUT2D eigenvalue weighted by Gasteiger charge is 2.47. The highest BCUT2D eigenvalue weighted by atomic mass is 16.6. The van der Waals surface area contributed by atoms with Crippen LogP contribution in [0.2, 0.25) is 0 Å². The van der Waals surface area contributed by atoms with E-state index in [2.05, 4.69) is 0 Å². The van der Waals surface area contributed by atoms with Crippen LogP contribution in [0.3, 0.4) is 0 Å². The number of anilines is 1. The number of nitrogens with zero attached hydrogens (tertiary/aromatic N) is 2. The fourth-order valence-corrected chi connectivity index (χ4v) is 4.03. The number of hydrogen-bond donors (Lipinski definition) is 2. The number of carbonyl (C=O) groups is 2. The number of aliphatic hydroxyl groups excluding tert-OH is 1. The molecule has 1 atom stereocenters. The lowest BCUT2D eigenvalue weighted by Gasteiger charge is -2.27. The maximum absolute atomic E-state index is 13.2. The number of carbonyl (C=O) groups excluding carboxylic acids is 2. The number of Topliss-reactive ketones (excluding diaryl/α,β-unsaturated/α-hetero) is 1. The molecule has 0 aliphatic carbocycles. The van der Waals surface area contributed by atoms with E-state index in [1.807, 2.05) is 26.0 Å². The number of amides is 1. The van der Waals surface area contributed by atoms with Gasteiger partial charge in [0.1, 0.15) is 11.5 Å². The van der Waals surface area contributed by atoms with Gasteiger partial charge < -0.3 is 10.2 Å². The standard InChI is InChI=1S/C25H20N2O6/c1-14-3-12-20(15(2)13-14)26-22(16-6-10-19(28)11-7-16)21(24(30)25(26)31)23(29)17-4-8-18(9-5-17)27(32)33/h3-13,22,28-29H,1-2H3/b23-21+. The molecule has 0 aromatic heterocycles. The Morgan fingerprint density at radius 2 is 1.61 bits per heavy atom. The van der Waals surface area contributed by atoms with Crippen LogP contribution in [-0.4, -0.2) is 26.8 Å². The molecule has 8 nitrogen and oxygen atoms in total. The van der Waals surface area contributed by atoms with Crippen LogP contribution in [0.4, 0.5) is 11.4 Å². The molecule has 4 rings (SSSR count). The van der Waals surface area contributed by atoms with Crippen molar-refractivity contribution in [2.45, 2.75) is 19.9 Å². The van der Waals surface area contributed by atoms with Crippen molar-refractivity contribution in [3.8, 4) is 5.75 Å². The summed E-state index contributed by atoms with van der Waals surface area (Å²) in [6, 6.07) is 15.6. The number of ketones is 1. The van der Waals surface area contributed by atoms with Gasteiger partial charge in [-0.3, -0.25) is 24.6 Å². The largest absolute Gasteiger partial charge is 0.508 e. The number of hydrogen-bond acceptors (Lipinski definition) is 6. The Bertz CT molecular complexity index is 1310.